The predicted octanol–water partition coefficient (Wildman–Crippen LogP) is 2.93. The van der Waals surface area contributed by atoms with E-state index in [0.29, 0.717) is 5.69 Å². The van der Waals surface area contributed by atoms with Crippen molar-refractivity contribution in [3.8, 4) is 0 Å². The molecule has 1 aliphatic carbocycles. The first-order valence-corrected chi connectivity index (χ1v) is 8.76. The fourth-order valence-corrected chi connectivity index (χ4v) is 2.88. The van der Waals surface area contributed by atoms with Gasteiger partial charge in [0.25, 0.3) is 0 Å². The number of nitrogens with one attached hydrogen (secondary N) is 2. The number of fused-ring (bicyclic) bond motifs is 2. The van der Waals surface area contributed by atoms with Crippen LogP contribution in [0.25, 0.3) is 0 Å². The molecule has 7 nitrogen and oxygen atoms in total. The van der Waals surface area contributed by atoms with E-state index in [1.54, 1.807) is 20.8 Å². The molecule has 0 bridgehead atoms. The molecule has 0 aliphatic heterocycles. The van der Waals surface area contributed by atoms with Gasteiger partial charge < -0.3 is 15.4 Å². The second kappa shape index (κ2) is 7.38. The highest BCUT2D eigenvalue weighted by Crippen LogP contribution is 2.32. The molecule has 0 spiro atoms. The van der Waals surface area contributed by atoms with Crippen LogP contribution in [0.2, 0.25) is 0 Å². The van der Waals surface area contributed by atoms with Gasteiger partial charge in [-0.15, -0.1) is 0 Å². The summed E-state index contributed by atoms with van der Waals surface area (Å²) < 4.78 is 19.5. The first-order valence-electron chi connectivity index (χ1n) is 8.76. The summed E-state index contributed by atoms with van der Waals surface area (Å²) in [4.78, 5) is 41.1. The van der Waals surface area contributed by atoms with Gasteiger partial charge in [0.05, 0.1) is 16.7 Å². The number of halogens is 1. The number of hydrogen-bond acceptors (Lipinski definition) is 6. The molecule has 0 unspecified atom stereocenters. The number of ketones is 2. The van der Waals surface area contributed by atoms with Crippen LogP contribution in [0.1, 0.15) is 52.7 Å². The summed E-state index contributed by atoms with van der Waals surface area (Å²) in [5.74, 6) is -1.86. The highest BCUT2D eigenvalue weighted by atomic mass is 19.1. The third-order valence-electron chi connectivity index (χ3n) is 3.98. The van der Waals surface area contributed by atoms with Gasteiger partial charge in [-0.2, -0.15) is 0 Å². The van der Waals surface area contributed by atoms with E-state index in [-0.39, 0.29) is 35.5 Å². The minimum Gasteiger partial charge on any atom is -0.444 e. The average Bonchev–Trinajstić information content (AvgIpc) is 2.62. The Morgan fingerprint density at radius 3 is 2.57 bits per heavy atom. The molecule has 0 saturated heterocycles. The lowest BCUT2D eigenvalue weighted by Crippen LogP contribution is -2.35. The number of rotatable bonds is 4. The zero-order valence-corrected chi connectivity index (χ0v) is 15.8. The predicted molar refractivity (Wildman–Crippen MR) is 100 cm³/mol. The molecule has 2 aromatic rings. The van der Waals surface area contributed by atoms with Crippen LogP contribution in [0, 0.1) is 5.82 Å². The molecule has 0 radical (unpaired) electrons. The number of aromatic nitrogens is 1. The van der Waals surface area contributed by atoms with Crippen LogP contribution in [-0.2, 0) is 4.74 Å². The number of anilines is 1. The van der Waals surface area contributed by atoms with Crippen molar-refractivity contribution in [2.24, 2.45) is 0 Å². The summed E-state index contributed by atoms with van der Waals surface area (Å²) in [6.45, 7) is 5.71. The first-order chi connectivity index (χ1) is 13.2. The van der Waals surface area contributed by atoms with Gasteiger partial charge in [0, 0.05) is 25.0 Å². The number of alkyl carbamates (subject to hydrolysis) is 1. The van der Waals surface area contributed by atoms with Crippen molar-refractivity contribution in [3.63, 3.8) is 0 Å². The lowest BCUT2D eigenvalue weighted by Gasteiger charge is -2.21. The summed E-state index contributed by atoms with van der Waals surface area (Å²) in [5, 5.41) is 5.54. The zero-order valence-electron chi connectivity index (χ0n) is 15.8. The molecule has 0 fully saturated rings. The molecule has 3 rings (SSSR count). The van der Waals surface area contributed by atoms with Crippen molar-refractivity contribution in [1.82, 2.24) is 10.3 Å². The molecule has 1 heterocycles. The van der Waals surface area contributed by atoms with Gasteiger partial charge in [-0.3, -0.25) is 14.6 Å². The SMILES string of the molecule is CC(C)(C)OC(=O)NCCNc1ccc(F)c2c1C(=O)c1ncccc1C2=O. The summed E-state index contributed by atoms with van der Waals surface area (Å²) in [7, 11) is 0. The quantitative estimate of drug-likeness (QED) is 0.670. The molecule has 1 aromatic heterocycles. The van der Waals surface area contributed by atoms with Crippen LogP contribution in [0.5, 0.6) is 0 Å². The number of carbonyl (C=O) groups is 3. The minimum atomic E-state index is -0.764. The van der Waals surface area contributed by atoms with Crippen LogP contribution in [0.3, 0.4) is 0 Å². The van der Waals surface area contributed by atoms with Crippen molar-refractivity contribution in [2.75, 3.05) is 18.4 Å². The Kier molecular flexibility index (Phi) is 5.13. The van der Waals surface area contributed by atoms with Crippen LogP contribution in [0.15, 0.2) is 30.5 Å². The smallest absolute Gasteiger partial charge is 0.407 e. The number of amides is 1. The fraction of sp³-hybridized carbons (Fsp3) is 0.300. The Hall–Kier alpha value is -3.29. The molecule has 1 amide bonds. The number of benzene rings is 1. The molecule has 2 N–H and O–H groups in total. The van der Waals surface area contributed by atoms with Crippen molar-refractivity contribution >= 4 is 23.3 Å². The summed E-state index contributed by atoms with van der Waals surface area (Å²) in [5.41, 5.74) is -0.537. The third kappa shape index (κ3) is 3.85. The highest BCUT2D eigenvalue weighted by Gasteiger charge is 2.35. The molecular weight excluding hydrogens is 365 g/mol. The lowest BCUT2D eigenvalue weighted by atomic mass is 9.85. The number of carbonyl (C=O) groups excluding carboxylic acids is 3. The molecule has 8 heteroatoms. The molecule has 1 aromatic carbocycles. The number of hydrogen-bond donors (Lipinski definition) is 2. The molecule has 0 atom stereocenters. The molecule has 28 heavy (non-hydrogen) atoms. The van der Waals surface area contributed by atoms with E-state index in [9.17, 15) is 18.8 Å². The van der Waals surface area contributed by atoms with E-state index in [0.717, 1.165) is 6.07 Å². The van der Waals surface area contributed by atoms with Crippen molar-refractivity contribution in [3.05, 3.63) is 58.7 Å². The Labute approximate surface area is 161 Å². The summed E-state index contributed by atoms with van der Waals surface area (Å²) in [6.07, 6.45) is 0.839. The van der Waals surface area contributed by atoms with Crippen molar-refractivity contribution < 1.29 is 23.5 Å². The summed E-state index contributed by atoms with van der Waals surface area (Å²) in [6, 6.07) is 5.50. The number of pyridine rings is 1. The highest BCUT2D eigenvalue weighted by molar-refractivity contribution is 6.29. The van der Waals surface area contributed by atoms with E-state index in [1.807, 2.05) is 0 Å². The van der Waals surface area contributed by atoms with Gasteiger partial charge in [0.2, 0.25) is 5.78 Å². The second-order valence-corrected chi connectivity index (χ2v) is 7.26. The standard InChI is InChI=1S/C20H20FN3O4/c1-20(2,3)28-19(27)24-10-9-22-13-7-6-12(21)14-15(13)18(26)16-11(17(14)25)5-4-8-23-16/h4-8,22H,9-10H2,1-3H3,(H,24,27). The maximum atomic E-state index is 14.3. The van der Waals surface area contributed by atoms with Crippen LogP contribution in [-0.4, -0.2) is 41.3 Å². The molecule has 1 aliphatic rings. The number of nitrogens with zero attached hydrogens (tertiary/aromatic N) is 1. The van der Waals surface area contributed by atoms with E-state index in [1.165, 1.54) is 24.4 Å². The molecular formula is C20H20FN3O4. The normalized spacial score (nSPS) is 12.9. The van der Waals surface area contributed by atoms with E-state index < -0.39 is 29.1 Å². The Morgan fingerprint density at radius 1 is 1.11 bits per heavy atom. The Bertz CT molecular complexity index is 966. The van der Waals surface area contributed by atoms with E-state index >= 15 is 0 Å². The third-order valence-corrected chi connectivity index (χ3v) is 3.98. The molecule has 0 saturated carbocycles. The van der Waals surface area contributed by atoms with E-state index in [2.05, 4.69) is 15.6 Å². The van der Waals surface area contributed by atoms with Gasteiger partial charge in [-0.1, -0.05) is 0 Å². The first kappa shape index (κ1) is 19.5. The van der Waals surface area contributed by atoms with E-state index in [4.69, 9.17) is 4.74 Å². The Morgan fingerprint density at radius 2 is 1.86 bits per heavy atom. The van der Waals surface area contributed by atoms with Crippen LogP contribution in [0.4, 0.5) is 14.9 Å². The van der Waals surface area contributed by atoms with Crippen molar-refractivity contribution in [2.45, 2.75) is 26.4 Å². The topological polar surface area (TPSA) is 97.4 Å². The Balaban J connectivity index is 1.77. The second-order valence-electron chi connectivity index (χ2n) is 7.26. The van der Waals surface area contributed by atoms with Gasteiger partial charge >= 0.3 is 6.09 Å². The lowest BCUT2D eigenvalue weighted by molar-refractivity contribution is 0.0529. The maximum Gasteiger partial charge on any atom is 0.407 e. The fourth-order valence-electron chi connectivity index (χ4n) is 2.88. The largest absolute Gasteiger partial charge is 0.444 e. The van der Waals surface area contributed by atoms with Gasteiger partial charge in [0.15, 0.2) is 5.78 Å². The minimum absolute atomic E-state index is 0.000491. The zero-order chi connectivity index (χ0) is 20.5. The van der Waals surface area contributed by atoms with Crippen molar-refractivity contribution in [1.29, 1.82) is 0 Å². The van der Waals surface area contributed by atoms with Crippen LogP contribution < -0.4 is 10.6 Å². The van der Waals surface area contributed by atoms with Gasteiger partial charge in [-0.05, 0) is 45.0 Å². The van der Waals surface area contributed by atoms with Gasteiger partial charge in [-0.25, -0.2) is 9.18 Å². The molecule has 146 valence electrons. The maximum absolute atomic E-state index is 14.3. The van der Waals surface area contributed by atoms with Gasteiger partial charge in [0.1, 0.15) is 17.1 Å². The summed E-state index contributed by atoms with van der Waals surface area (Å²) >= 11 is 0. The monoisotopic (exact) mass is 385 g/mol. The van der Waals surface area contributed by atoms with Crippen LogP contribution >= 0.6 is 0 Å². The number of ether oxygens (including phenoxy) is 1. The average molecular weight is 385 g/mol.